The molecule has 0 aromatic heterocycles. The van der Waals surface area contributed by atoms with Crippen molar-refractivity contribution in [2.75, 3.05) is 33.7 Å². The number of nitrogens with zero attached hydrogens (tertiary/aromatic N) is 2. The van der Waals surface area contributed by atoms with Crippen LogP contribution < -0.4 is 0 Å². The average Bonchev–Trinajstić information content (AvgIpc) is 2.36. The standard InChI is InChI=1S/C13H16ClFN2O3/c1-16(2)5-6-17(8-12(18)19)13(20)9-3-4-11(15)10(14)7-9/h3-4,7H,5-6,8H2,1-2H3,(H,18,19). The predicted octanol–water partition coefficient (Wildman–Crippen LogP) is 1.57. The van der Waals surface area contributed by atoms with Crippen LogP contribution in [0.5, 0.6) is 0 Å². The summed E-state index contributed by atoms with van der Waals surface area (Å²) in [7, 11) is 3.64. The molecular formula is C13H16ClFN2O3. The number of likely N-dealkylation sites (N-methyl/N-ethyl adjacent to an activating group) is 1. The van der Waals surface area contributed by atoms with Gasteiger partial charge in [0.05, 0.1) is 5.02 Å². The fourth-order valence-corrected chi connectivity index (χ4v) is 1.73. The summed E-state index contributed by atoms with van der Waals surface area (Å²) in [6.45, 7) is 0.364. The molecular weight excluding hydrogens is 287 g/mol. The van der Waals surface area contributed by atoms with Crippen LogP contribution >= 0.6 is 11.6 Å². The Morgan fingerprint density at radius 3 is 2.45 bits per heavy atom. The van der Waals surface area contributed by atoms with Crippen LogP contribution in [0.15, 0.2) is 18.2 Å². The molecule has 1 rings (SSSR count). The summed E-state index contributed by atoms with van der Waals surface area (Å²) >= 11 is 5.63. The SMILES string of the molecule is CN(C)CCN(CC(=O)O)C(=O)c1ccc(F)c(Cl)c1. The number of carbonyl (C=O) groups is 2. The number of carboxylic acids is 1. The molecule has 0 heterocycles. The fraction of sp³-hybridized carbons (Fsp3) is 0.385. The van der Waals surface area contributed by atoms with E-state index < -0.39 is 24.2 Å². The maximum absolute atomic E-state index is 13.1. The second-order valence-electron chi connectivity index (χ2n) is 4.55. The Hall–Kier alpha value is -1.66. The molecule has 0 saturated heterocycles. The number of hydrogen-bond donors (Lipinski definition) is 1. The van der Waals surface area contributed by atoms with Gasteiger partial charge in [0, 0.05) is 18.7 Å². The van der Waals surface area contributed by atoms with Crippen LogP contribution in [-0.4, -0.2) is 60.5 Å². The Labute approximate surface area is 121 Å². The van der Waals surface area contributed by atoms with Crippen LogP contribution in [0, 0.1) is 5.82 Å². The lowest BCUT2D eigenvalue weighted by Crippen LogP contribution is -2.40. The van der Waals surface area contributed by atoms with Crippen molar-refractivity contribution in [1.82, 2.24) is 9.80 Å². The van der Waals surface area contributed by atoms with Crippen molar-refractivity contribution < 1.29 is 19.1 Å². The van der Waals surface area contributed by atoms with Crippen molar-refractivity contribution in [2.45, 2.75) is 0 Å². The average molecular weight is 303 g/mol. The molecule has 1 amide bonds. The lowest BCUT2D eigenvalue weighted by molar-refractivity contribution is -0.137. The molecule has 0 bridgehead atoms. The van der Waals surface area contributed by atoms with Gasteiger partial charge in [0.15, 0.2) is 0 Å². The van der Waals surface area contributed by atoms with Crippen molar-refractivity contribution in [3.63, 3.8) is 0 Å². The molecule has 0 radical (unpaired) electrons. The summed E-state index contributed by atoms with van der Waals surface area (Å²) in [5, 5.41) is 8.68. The highest BCUT2D eigenvalue weighted by Crippen LogP contribution is 2.17. The van der Waals surface area contributed by atoms with E-state index in [-0.39, 0.29) is 17.1 Å². The van der Waals surface area contributed by atoms with Crippen molar-refractivity contribution in [3.05, 3.63) is 34.6 Å². The highest BCUT2D eigenvalue weighted by Gasteiger charge is 2.19. The molecule has 7 heteroatoms. The van der Waals surface area contributed by atoms with Gasteiger partial charge in [-0.2, -0.15) is 0 Å². The summed E-state index contributed by atoms with van der Waals surface area (Å²) in [6, 6.07) is 3.57. The molecule has 0 unspecified atom stereocenters. The first-order chi connectivity index (χ1) is 9.31. The first-order valence-electron chi connectivity index (χ1n) is 5.92. The molecule has 20 heavy (non-hydrogen) atoms. The van der Waals surface area contributed by atoms with E-state index in [1.807, 2.05) is 19.0 Å². The van der Waals surface area contributed by atoms with Crippen LogP contribution in [0.4, 0.5) is 4.39 Å². The lowest BCUT2D eigenvalue weighted by Gasteiger charge is -2.22. The number of carboxylic acid groups (broad SMARTS) is 1. The van der Waals surface area contributed by atoms with E-state index in [4.69, 9.17) is 16.7 Å². The molecule has 0 fully saturated rings. The Kier molecular flexibility index (Phi) is 5.91. The summed E-state index contributed by atoms with van der Waals surface area (Å²) < 4.78 is 13.1. The highest BCUT2D eigenvalue weighted by atomic mass is 35.5. The van der Waals surface area contributed by atoms with Gasteiger partial charge in [-0.05, 0) is 32.3 Å². The number of aliphatic carboxylic acids is 1. The molecule has 5 nitrogen and oxygen atoms in total. The Bertz CT molecular complexity index is 508. The van der Waals surface area contributed by atoms with Crippen LogP contribution in [-0.2, 0) is 4.79 Å². The topological polar surface area (TPSA) is 60.9 Å². The number of hydrogen-bond acceptors (Lipinski definition) is 3. The molecule has 0 aliphatic rings. The molecule has 1 N–H and O–H groups in total. The molecule has 1 aromatic carbocycles. The molecule has 0 saturated carbocycles. The number of rotatable bonds is 6. The van der Waals surface area contributed by atoms with E-state index in [1.54, 1.807) is 0 Å². The number of benzene rings is 1. The van der Waals surface area contributed by atoms with E-state index in [2.05, 4.69) is 0 Å². The van der Waals surface area contributed by atoms with Gasteiger partial charge in [0.25, 0.3) is 5.91 Å². The number of halogens is 2. The monoisotopic (exact) mass is 302 g/mol. The molecule has 0 spiro atoms. The van der Waals surface area contributed by atoms with E-state index in [1.165, 1.54) is 17.0 Å². The van der Waals surface area contributed by atoms with Crippen LogP contribution in [0.25, 0.3) is 0 Å². The normalized spacial score (nSPS) is 10.7. The molecule has 0 atom stereocenters. The predicted molar refractivity (Wildman–Crippen MR) is 73.5 cm³/mol. The van der Waals surface area contributed by atoms with Gasteiger partial charge in [0.2, 0.25) is 0 Å². The Morgan fingerprint density at radius 1 is 1.30 bits per heavy atom. The van der Waals surface area contributed by atoms with E-state index in [9.17, 15) is 14.0 Å². The maximum Gasteiger partial charge on any atom is 0.323 e. The largest absolute Gasteiger partial charge is 0.480 e. The second kappa shape index (κ2) is 7.21. The van der Waals surface area contributed by atoms with Gasteiger partial charge in [-0.15, -0.1) is 0 Å². The Balaban J connectivity index is 2.90. The second-order valence-corrected chi connectivity index (χ2v) is 4.96. The molecule has 110 valence electrons. The zero-order valence-corrected chi connectivity index (χ0v) is 12.0. The van der Waals surface area contributed by atoms with Gasteiger partial charge in [-0.25, -0.2) is 4.39 Å². The summed E-state index contributed by atoms with van der Waals surface area (Å²) in [5.74, 6) is -2.22. The van der Waals surface area contributed by atoms with Crippen LogP contribution in [0.2, 0.25) is 5.02 Å². The third-order valence-corrected chi connectivity index (χ3v) is 2.89. The minimum absolute atomic E-state index is 0.163. The highest BCUT2D eigenvalue weighted by molar-refractivity contribution is 6.31. The summed E-state index contributed by atoms with van der Waals surface area (Å²) in [6.07, 6.45) is 0. The molecule has 1 aromatic rings. The number of amides is 1. The fourth-order valence-electron chi connectivity index (χ4n) is 1.55. The quantitative estimate of drug-likeness (QED) is 0.866. The van der Waals surface area contributed by atoms with Crippen LogP contribution in [0.3, 0.4) is 0 Å². The zero-order chi connectivity index (χ0) is 15.3. The van der Waals surface area contributed by atoms with Crippen molar-refractivity contribution >= 4 is 23.5 Å². The minimum Gasteiger partial charge on any atom is -0.480 e. The van der Waals surface area contributed by atoms with Crippen molar-refractivity contribution in [1.29, 1.82) is 0 Å². The summed E-state index contributed by atoms with van der Waals surface area (Å²) in [4.78, 5) is 26.1. The first-order valence-corrected chi connectivity index (χ1v) is 6.30. The molecule has 0 aliphatic heterocycles. The Morgan fingerprint density at radius 2 is 1.95 bits per heavy atom. The van der Waals surface area contributed by atoms with Crippen LogP contribution in [0.1, 0.15) is 10.4 Å². The first kappa shape index (κ1) is 16.4. The molecule has 0 aliphatic carbocycles. The smallest absolute Gasteiger partial charge is 0.323 e. The number of carbonyl (C=O) groups excluding carboxylic acids is 1. The van der Waals surface area contributed by atoms with Gasteiger partial charge in [-0.1, -0.05) is 11.6 Å². The van der Waals surface area contributed by atoms with E-state index in [0.29, 0.717) is 6.54 Å². The maximum atomic E-state index is 13.1. The van der Waals surface area contributed by atoms with Crippen molar-refractivity contribution in [3.8, 4) is 0 Å². The minimum atomic E-state index is -1.11. The van der Waals surface area contributed by atoms with Gasteiger partial charge in [-0.3, -0.25) is 9.59 Å². The van der Waals surface area contributed by atoms with Gasteiger partial charge < -0.3 is 14.9 Å². The summed E-state index contributed by atoms with van der Waals surface area (Å²) in [5.41, 5.74) is 0.163. The van der Waals surface area contributed by atoms with E-state index >= 15 is 0 Å². The van der Waals surface area contributed by atoms with E-state index in [0.717, 1.165) is 6.07 Å². The third-order valence-electron chi connectivity index (χ3n) is 2.60. The third kappa shape index (κ3) is 4.79. The van der Waals surface area contributed by atoms with Crippen molar-refractivity contribution in [2.24, 2.45) is 0 Å². The van der Waals surface area contributed by atoms with Gasteiger partial charge in [0.1, 0.15) is 12.4 Å². The zero-order valence-electron chi connectivity index (χ0n) is 11.3. The van der Waals surface area contributed by atoms with Gasteiger partial charge >= 0.3 is 5.97 Å². The lowest BCUT2D eigenvalue weighted by atomic mass is 10.2.